The summed E-state index contributed by atoms with van der Waals surface area (Å²) in [5.41, 5.74) is 0.666. The maximum atomic E-state index is 11.8. The Labute approximate surface area is 124 Å². The van der Waals surface area contributed by atoms with Crippen molar-refractivity contribution in [2.24, 2.45) is 5.92 Å². The van der Waals surface area contributed by atoms with Crippen LogP contribution in [0, 0.1) is 5.92 Å². The van der Waals surface area contributed by atoms with Crippen molar-refractivity contribution in [2.45, 2.75) is 18.9 Å². The van der Waals surface area contributed by atoms with Gasteiger partial charge >= 0.3 is 5.97 Å². The second-order valence-corrected chi connectivity index (χ2v) is 5.92. The average Bonchev–Trinajstić information content (AvgIpc) is 2.35. The SMILES string of the molecule is CN1C(=O)CCC(C(=O)O)C1c1cc(Br)ccc1Cl. The van der Waals surface area contributed by atoms with Crippen LogP contribution in [0.5, 0.6) is 0 Å². The van der Waals surface area contributed by atoms with E-state index in [4.69, 9.17) is 11.6 Å². The lowest BCUT2D eigenvalue weighted by molar-refractivity contribution is -0.150. The molecule has 2 unspecified atom stereocenters. The number of halogens is 2. The van der Waals surface area contributed by atoms with Crippen molar-refractivity contribution in [3.63, 3.8) is 0 Å². The molecule has 2 rings (SSSR count). The minimum Gasteiger partial charge on any atom is -0.481 e. The standard InChI is InChI=1S/C13H13BrClNO3/c1-16-11(17)5-3-8(13(18)19)12(16)9-6-7(14)2-4-10(9)15/h2,4,6,8,12H,3,5H2,1H3,(H,18,19). The number of aliphatic carboxylic acids is 1. The first-order chi connectivity index (χ1) is 8.91. The van der Waals surface area contributed by atoms with Crippen molar-refractivity contribution in [3.05, 3.63) is 33.3 Å². The number of hydrogen-bond donors (Lipinski definition) is 1. The molecule has 0 radical (unpaired) electrons. The van der Waals surface area contributed by atoms with E-state index in [9.17, 15) is 14.7 Å². The quantitative estimate of drug-likeness (QED) is 0.895. The predicted octanol–water partition coefficient (Wildman–Crippen LogP) is 3.10. The molecule has 4 nitrogen and oxygen atoms in total. The molecule has 6 heteroatoms. The highest BCUT2D eigenvalue weighted by Gasteiger charge is 2.39. The monoisotopic (exact) mass is 345 g/mol. The first-order valence-corrected chi connectivity index (χ1v) is 7.02. The van der Waals surface area contributed by atoms with Crippen LogP contribution in [0.25, 0.3) is 0 Å². The van der Waals surface area contributed by atoms with E-state index >= 15 is 0 Å². The lowest BCUT2D eigenvalue weighted by atomic mass is 9.84. The van der Waals surface area contributed by atoms with Crippen LogP contribution in [0.1, 0.15) is 24.4 Å². The average molecular weight is 347 g/mol. The van der Waals surface area contributed by atoms with Gasteiger partial charge in [0.15, 0.2) is 0 Å². The Balaban J connectivity index is 2.49. The summed E-state index contributed by atoms with van der Waals surface area (Å²) >= 11 is 9.51. The Bertz CT molecular complexity index is 535. The van der Waals surface area contributed by atoms with Gasteiger partial charge in [-0.2, -0.15) is 0 Å². The van der Waals surface area contributed by atoms with Crippen LogP contribution in [0.15, 0.2) is 22.7 Å². The number of amides is 1. The molecule has 1 aliphatic rings. The summed E-state index contributed by atoms with van der Waals surface area (Å²) in [5, 5.41) is 9.81. The Morgan fingerprint density at radius 1 is 1.53 bits per heavy atom. The molecule has 0 bridgehead atoms. The summed E-state index contributed by atoms with van der Waals surface area (Å²) in [6, 6.07) is 4.74. The highest BCUT2D eigenvalue weighted by molar-refractivity contribution is 9.10. The van der Waals surface area contributed by atoms with Crippen molar-refractivity contribution in [3.8, 4) is 0 Å². The molecule has 0 saturated carbocycles. The van der Waals surface area contributed by atoms with Gasteiger partial charge in [-0.1, -0.05) is 27.5 Å². The largest absolute Gasteiger partial charge is 0.481 e. The number of benzene rings is 1. The summed E-state index contributed by atoms with van der Waals surface area (Å²) in [6.07, 6.45) is 0.599. The first-order valence-electron chi connectivity index (χ1n) is 5.85. The van der Waals surface area contributed by atoms with E-state index in [1.165, 1.54) is 4.90 Å². The molecular weight excluding hydrogens is 334 g/mol. The van der Waals surface area contributed by atoms with Crippen LogP contribution in [0.4, 0.5) is 0 Å². The Kier molecular flexibility index (Phi) is 4.16. The van der Waals surface area contributed by atoms with Crippen molar-refractivity contribution in [1.82, 2.24) is 4.90 Å². The minimum atomic E-state index is -0.902. The molecule has 1 amide bonds. The number of rotatable bonds is 2. The summed E-state index contributed by atoms with van der Waals surface area (Å²) in [4.78, 5) is 24.7. The number of carbonyl (C=O) groups excluding carboxylic acids is 1. The van der Waals surface area contributed by atoms with Gasteiger partial charge in [0, 0.05) is 23.0 Å². The van der Waals surface area contributed by atoms with Crippen LogP contribution in [-0.2, 0) is 9.59 Å². The molecule has 1 N–H and O–H groups in total. The van der Waals surface area contributed by atoms with Crippen molar-refractivity contribution in [1.29, 1.82) is 0 Å². The predicted molar refractivity (Wildman–Crippen MR) is 75.0 cm³/mol. The molecule has 1 aliphatic heterocycles. The minimum absolute atomic E-state index is 0.0569. The van der Waals surface area contributed by atoms with Crippen LogP contribution in [-0.4, -0.2) is 28.9 Å². The molecule has 1 heterocycles. The van der Waals surface area contributed by atoms with Gasteiger partial charge in [0.05, 0.1) is 12.0 Å². The second-order valence-electron chi connectivity index (χ2n) is 4.60. The third-order valence-corrected chi connectivity index (χ3v) is 4.29. The molecule has 19 heavy (non-hydrogen) atoms. The van der Waals surface area contributed by atoms with Crippen LogP contribution in [0.2, 0.25) is 5.02 Å². The fourth-order valence-electron chi connectivity index (χ4n) is 2.46. The Hall–Kier alpha value is -1.07. The van der Waals surface area contributed by atoms with Gasteiger partial charge in [0.1, 0.15) is 0 Å². The van der Waals surface area contributed by atoms with Gasteiger partial charge in [0.25, 0.3) is 0 Å². The first kappa shape index (κ1) is 14.3. The van der Waals surface area contributed by atoms with E-state index in [0.29, 0.717) is 17.0 Å². The number of carbonyl (C=O) groups is 2. The Morgan fingerprint density at radius 2 is 2.21 bits per heavy atom. The number of carboxylic acids is 1. The molecule has 1 aromatic carbocycles. The highest BCUT2D eigenvalue weighted by Crippen LogP contribution is 2.39. The fourth-order valence-corrected chi connectivity index (χ4v) is 3.07. The van der Waals surface area contributed by atoms with Crippen molar-refractivity contribution < 1.29 is 14.7 Å². The van der Waals surface area contributed by atoms with Crippen molar-refractivity contribution >= 4 is 39.4 Å². The molecule has 1 fully saturated rings. The van der Waals surface area contributed by atoms with Gasteiger partial charge < -0.3 is 10.0 Å². The zero-order chi connectivity index (χ0) is 14.2. The summed E-state index contributed by atoms with van der Waals surface area (Å²) < 4.78 is 0.808. The number of carboxylic acid groups (broad SMARTS) is 1. The summed E-state index contributed by atoms with van der Waals surface area (Å²) in [7, 11) is 1.62. The smallest absolute Gasteiger partial charge is 0.308 e. The number of likely N-dealkylation sites (tertiary alicyclic amines) is 1. The highest BCUT2D eigenvalue weighted by atomic mass is 79.9. The van der Waals surface area contributed by atoms with Gasteiger partial charge in [-0.15, -0.1) is 0 Å². The van der Waals surface area contributed by atoms with Crippen LogP contribution in [0.3, 0.4) is 0 Å². The topological polar surface area (TPSA) is 57.6 Å². The van der Waals surface area contributed by atoms with E-state index in [1.807, 2.05) is 0 Å². The van der Waals surface area contributed by atoms with E-state index in [0.717, 1.165) is 4.47 Å². The molecule has 0 aliphatic carbocycles. The van der Waals surface area contributed by atoms with Crippen molar-refractivity contribution in [2.75, 3.05) is 7.05 Å². The summed E-state index contributed by atoms with van der Waals surface area (Å²) in [5.74, 6) is -1.59. The van der Waals surface area contributed by atoms with E-state index in [1.54, 1.807) is 25.2 Å². The number of hydrogen-bond acceptors (Lipinski definition) is 2. The van der Waals surface area contributed by atoms with Gasteiger partial charge in [-0.05, 0) is 30.2 Å². The normalized spacial score (nSPS) is 23.5. The fraction of sp³-hybridized carbons (Fsp3) is 0.385. The number of piperidine rings is 1. The third kappa shape index (κ3) is 2.77. The van der Waals surface area contributed by atoms with E-state index in [-0.39, 0.29) is 12.3 Å². The molecular formula is C13H13BrClNO3. The van der Waals surface area contributed by atoms with Gasteiger partial charge in [-0.3, -0.25) is 9.59 Å². The Morgan fingerprint density at radius 3 is 2.84 bits per heavy atom. The summed E-state index contributed by atoms with van der Waals surface area (Å²) in [6.45, 7) is 0. The molecule has 1 saturated heterocycles. The van der Waals surface area contributed by atoms with Crippen LogP contribution < -0.4 is 0 Å². The maximum absolute atomic E-state index is 11.8. The van der Waals surface area contributed by atoms with E-state index < -0.39 is 17.9 Å². The zero-order valence-electron chi connectivity index (χ0n) is 10.3. The maximum Gasteiger partial charge on any atom is 0.308 e. The molecule has 2 atom stereocenters. The molecule has 0 spiro atoms. The lowest BCUT2D eigenvalue weighted by Crippen LogP contribution is -2.43. The zero-order valence-corrected chi connectivity index (χ0v) is 12.6. The van der Waals surface area contributed by atoms with E-state index in [2.05, 4.69) is 15.9 Å². The number of nitrogens with zero attached hydrogens (tertiary/aromatic N) is 1. The van der Waals surface area contributed by atoms with Gasteiger partial charge in [0.2, 0.25) is 5.91 Å². The third-order valence-electron chi connectivity index (χ3n) is 3.45. The molecule has 1 aromatic rings. The second kappa shape index (κ2) is 5.51. The van der Waals surface area contributed by atoms with Crippen LogP contribution >= 0.6 is 27.5 Å². The molecule has 102 valence electrons. The van der Waals surface area contributed by atoms with Gasteiger partial charge in [-0.25, -0.2) is 0 Å². The molecule has 0 aromatic heterocycles. The lowest BCUT2D eigenvalue weighted by Gasteiger charge is -2.37.